The summed E-state index contributed by atoms with van der Waals surface area (Å²) in [5.41, 5.74) is 0.275. The first-order valence-corrected chi connectivity index (χ1v) is 4.66. The first-order valence-electron chi connectivity index (χ1n) is 4.66. The third kappa shape index (κ3) is 1.69. The highest BCUT2D eigenvalue weighted by molar-refractivity contribution is 5.43. The number of hydrogen-bond donors (Lipinski definition) is 0. The zero-order chi connectivity index (χ0) is 9.97. The number of nitrogens with zero attached hydrogens (tertiary/aromatic N) is 1. The van der Waals surface area contributed by atoms with Gasteiger partial charge in [0.05, 0.1) is 11.7 Å². The Morgan fingerprint density at radius 1 is 1.43 bits per heavy atom. The Bertz CT molecular complexity index is 379. The molecule has 2 nitrogen and oxygen atoms in total. The van der Waals surface area contributed by atoms with E-state index in [-0.39, 0.29) is 11.7 Å². The van der Waals surface area contributed by atoms with Crippen molar-refractivity contribution in [3.05, 3.63) is 29.6 Å². The summed E-state index contributed by atoms with van der Waals surface area (Å²) in [6.45, 7) is 0. The van der Waals surface area contributed by atoms with Crippen molar-refractivity contribution in [3.63, 3.8) is 0 Å². The first-order chi connectivity index (χ1) is 6.79. The lowest BCUT2D eigenvalue weighted by molar-refractivity contribution is 0.120. The van der Waals surface area contributed by atoms with Crippen molar-refractivity contribution in [1.29, 1.82) is 5.26 Å². The van der Waals surface area contributed by atoms with Crippen LogP contribution in [0.15, 0.2) is 18.2 Å². The summed E-state index contributed by atoms with van der Waals surface area (Å²) in [6.07, 6.45) is 3.45. The largest absolute Gasteiger partial charge is 0.489 e. The average molecular weight is 191 g/mol. The van der Waals surface area contributed by atoms with Crippen molar-refractivity contribution in [2.45, 2.75) is 25.4 Å². The second kappa shape index (κ2) is 3.67. The molecule has 72 valence electrons. The fourth-order valence-electron chi connectivity index (χ4n) is 1.36. The van der Waals surface area contributed by atoms with Gasteiger partial charge in [0.1, 0.15) is 17.6 Å². The van der Waals surface area contributed by atoms with Crippen molar-refractivity contribution in [2.75, 3.05) is 0 Å². The number of halogens is 1. The van der Waals surface area contributed by atoms with Gasteiger partial charge in [-0.2, -0.15) is 5.26 Å². The average Bonchev–Trinajstić information content (AvgIpc) is 2.13. The standard InChI is InChI=1S/C11H10FNO/c12-9-4-5-11(8(6-9)7-13)14-10-2-1-3-10/h4-6,10H,1-3H2. The minimum atomic E-state index is -0.400. The van der Waals surface area contributed by atoms with Crippen molar-refractivity contribution >= 4 is 0 Å². The van der Waals surface area contributed by atoms with E-state index in [0.717, 1.165) is 12.8 Å². The minimum Gasteiger partial charge on any atom is -0.489 e. The zero-order valence-electron chi connectivity index (χ0n) is 7.66. The molecule has 1 saturated carbocycles. The monoisotopic (exact) mass is 191 g/mol. The van der Waals surface area contributed by atoms with Crippen LogP contribution in [0, 0.1) is 17.1 Å². The van der Waals surface area contributed by atoms with Crippen molar-refractivity contribution in [1.82, 2.24) is 0 Å². The maximum atomic E-state index is 12.8. The maximum absolute atomic E-state index is 12.8. The van der Waals surface area contributed by atoms with Gasteiger partial charge in [0.15, 0.2) is 0 Å². The molecule has 0 N–H and O–H groups in total. The fourth-order valence-corrected chi connectivity index (χ4v) is 1.36. The van der Waals surface area contributed by atoms with Gasteiger partial charge in [0, 0.05) is 0 Å². The molecule has 1 aromatic rings. The molecule has 3 heteroatoms. The van der Waals surface area contributed by atoms with Crippen LogP contribution in [0.4, 0.5) is 4.39 Å². The highest BCUT2D eigenvalue weighted by atomic mass is 19.1. The van der Waals surface area contributed by atoms with Crippen molar-refractivity contribution in [3.8, 4) is 11.8 Å². The van der Waals surface area contributed by atoms with Gasteiger partial charge in [-0.3, -0.25) is 0 Å². The lowest BCUT2D eigenvalue weighted by Gasteiger charge is -2.26. The molecule has 1 aliphatic rings. The number of ether oxygens (including phenoxy) is 1. The molecule has 0 spiro atoms. The van der Waals surface area contributed by atoms with Gasteiger partial charge in [-0.05, 0) is 37.5 Å². The smallest absolute Gasteiger partial charge is 0.137 e. The molecule has 14 heavy (non-hydrogen) atoms. The molecule has 0 saturated heterocycles. The summed E-state index contributed by atoms with van der Waals surface area (Å²) < 4.78 is 18.3. The normalized spacial score (nSPS) is 15.7. The molecule has 1 fully saturated rings. The van der Waals surface area contributed by atoms with Crippen LogP contribution < -0.4 is 4.74 Å². The van der Waals surface area contributed by atoms with E-state index in [1.165, 1.54) is 24.6 Å². The van der Waals surface area contributed by atoms with Crippen molar-refractivity contribution < 1.29 is 9.13 Å². The van der Waals surface area contributed by atoms with E-state index in [9.17, 15) is 4.39 Å². The Morgan fingerprint density at radius 3 is 2.79 bits per heavy atom. The summed E-state index contributed by atoms with van der Waals surface area (Å²) >= 11 is 0. The molecule has 0 aromatic heterocycles. The Balaban J connectivity index is 2.19. The highest BCUT2D eigenvalue weighted by Crippen LogP contribution is 2.27. The predicted octanol–water partition coefficient (Wildman–Crippen LogP) is 2.63. The van der Waals surface area contributed by atoms with Crippen LogP contribution in [0.5, 0.6) is 5.75 Å². The third-order valence-corrected chi connectivity index (χ3v) is 2.41. The van der Waals surface area contributed by atoms with E-state index < -0.39 is 5.82 Å². The maximum Gasteiger partial charge on any atom is 0.137 e. The number of nitriles is 1. The summed E-state index contributed by atoms with van der Waals surface area (Å²) in [4.78, 5) is 0. The Morgan fingerprint density at radius 2 is 2.21 bits per heavy atom. The molecular formula is C11H10FNO. The Labute approximate surface area is 81.9 Å². The first kappa shape index (κ1) is 9.01. The molecule has 0 unspecified atom stereocenters. The summed E-state index contributed by atoms with van der Waals surface area (Å²) in [5.74, 6) is 0.0982. The third-order valence-electron chi connectivity index (χ3n) is 2.41. The molecule has 0 amide bonds. The van der Waals surface area contributed by atoms with E-state index in [1.807, 2.05) is 6.07 Å². The lowest BCUT2D eigenvalue weighted by atomic mass is 9.96. The van der Waals surface area contributed by atoms with Crippen LogP contribution in [-0.4, -0.2) is 6.10 Å². The molecular weight excluding hydrogens is 181 g/mol. The summed E-state index contributed by atoms with van der Waals surface area (Å²) in [5, 5.41) is 8.75. The van der Waals surface area contributed by atoms with Gasteiger partial charge in [0.25, 0.3) is 0 Å². The van der Waals surface area contributed by atoms with Gasteiger partial charge in [-0.25, -0.2) is 4.39 Å². The van der Waals surface area contributed by atoms with Crippen molar-refractivity contribution in [2.24, 2.45) is 0 Å². The molecule has 0 heterocycles. The van der Waals surface area contributed by atoms with Gasteiger partial charge < -0.3 is 4.74 Å². The van der Waals surface area contributed by atoms with E-state index >= 15 is 0 Å². The fraction of sp³-hybridized carbons (Fsp3) is 0.364. The van der Waals surface area contributed by atoms with E-state index in [2.05, 4.69) is 0 Å². The van der Waals surface area contributed by atoms with Crippen LogP contribution in [0.2, 0.25) is 0 Å². The lowest BCUT2D eigenvalue weighted by Crippen LogP contribution is -2.24. The Kier molecular flexibility index (Phi) is 2.36. The highest BCUT2D eigenvalue weighted by Gasteiger charge is 2.20. The van der Waals surface area contributed by atoms with Crippen LogP contribution in [0.25, 0.3) is 0 Å². The minimum absolute atomic E-state index is 0.215. The van der Waals surface area contributed by atoms with E-state index in [1.54, 1.807) is 0 Å². The second-order valence-electron chi connectivity index (χ2n) is 3.42. The molecule has 0 aliphatic heterocycles. The Hall–Kier alpha value is -1.56. The molecule has 1 aromatic carbocycles. The van der Waals surface area contributed by atoms with Gasteiger partial charge in [-0.15, -0.1) is 0 Å². The van der Waals surface area contributed by atoms with Crippen LogP contribution >= 0.6 is 0 Å². The molecule has 1 aliphatic carbocycles. The van der Waals surface area contributed by atoms with Gasteiger partial charge in [-0.1, -0.05) is 0 Å². The van der Waals surface area contributed by atoms with Gasteiger partial charge >= 0.3 is 0 Å². The molecule has 0 bridgehead atoms. The predicted molar refractivity (Wildman–Crippen MR) is 49.4 cm³/mol. The van der Waals surface area contributed by atoms with Crippen LogP contribution in [0.3, 0.4) is 0 Å². The molecule has 2 rings (SSSR count). The zero-order valence-corrected chi connectivity index (χ0v) is 7.66. The van der Waals surface area contributed by atoms with Gasteiger partial charge in [0.2, 0.25) is 0 Å². The number of rotatable bonds is 2. The molecule has 0 atom stereocenters. The van der Waals surface area contributed by atoms with E-state index in [4.69, 9.17) is 10.00 Å². The number of hydrogen-bond acceptors (Lipinski definition) is 2. The second-order valence-corrected chi connectivity index (χ2v) is 3.42. The van der Waals surface area contributed by atoms with Crippen LogP contribution in [-0.2, 0) is 0 Å². The summed E-state index contributed by atoms with van der Waals surface area (Å²) in [7, 11) is 0. The SMILES string of the molecule is N#Cc1cc(F)ccc1OC1CCC1. The topological polar surface area (TPSA) is 33.0 Å². The van der Waals surface area contributed by atoms with Crippen LogP contribution in [0.1, 0.15) is 24.8 Å². The summed E-state index contributed by atoms with van der Waals surface area (Å²) in [6, 6.07) is 5.96. The van der Waals surface area contributed by atoms with E-state index in [0.29, 0.717) is 5.75 Å². The number of benzene rings is 1. The quantitative estimate of drug-likeness (QED) is 0.719. The molecule has 0 radical (unpaired) electrons.